The van der Waals surface area contributed by atoms with Gasteiger partial charge in [0.1, 0.15) is 5.75 Å². The van der Waals surface area contributed by atoms with Gasteiger partial charge in [0, 0.05) is 17.6 Å². The van der Waals surface area contributed by atoms with Crippen molar-refractivity contribution in [1.29, 1.82) is 0 Å². The molecule has 1 atom stereocenters. The van der Waals surface area contributed by atoms with E-state index in [1.165, 1.54) is 28.6 Å². The Bertz CT molecular complexity index is 878. The zero-order valence-corrected chi connectivity index (χ0v) is 14.2. The monoisotopic (exact) mass is 321 g/mol. The Labute approximate surface area is 142 Å². The van der Waals surface area contributed by atoms with E-state index in [4.69, 9.17) is 4.74 Å². The molecule has 1 unspecified atom stereocenters. The fraction of sp³-hybridized carbons (Fsp3) is 0.333. The van der Waals surface area contributed by atoms with Crippen LogP contribution in [0.15, 0.2) is 42.5 Å². The number of benzene rings is 2. The standard InChI is InChI=1S/C21H23NO2/c1-14(23)19-12-18-20(24-2)11-16-9-6-10-17(16)21(18)22(19)13-15-7-4-3-5-8-15/h3-5,7-8,11-12,14,23H,6,9-10,13H2,1-2H3. The van der Waals surface area contributed by atoms with Crippen LogP contribution in [0.4, 0.5) is 0 Å². The molecule has 0 spiro atoms. The van der Waals surface area contributed by atoms with E-state index in [1.54, 1.807) is 7.11 Å². The number of nitrogens with zero attached hydrogens (tertiary/aromatic N) is 1. The molecule has 124 valence electrons. The summed E-state index contributed by atoms with van der Waals surface area (Å²) in [6.45, 7) is 2.60. The van der Waals surface area contributed by atoms with Crippen LogP contribution in [0.3, 0.4) is 0 Å². The summed E-state index contributed by atoms with van der Waals surface area (Å²) in [5.41, 5.74) is 6.25. The summed E-state index contributed by atoms with van der Waals surface area (Å²) in [7, 11) is 1.73. The number of aliphatic hydroxyl groups is 1. The molecule has 3 nitrogen and oxygen atoms in total. The first kappa shape index (κ1) is 15.3. The first-order valence-corrected chi connectivity index (χ1v) is 8.63. The molecule has 1 aliphatic carbocycles. The van der Waals surface area contributed by atoms with E-state index in [2.05, 4.69) is 41.0 Å². The molecule has 1 N–H and O–H groups in total. The summed E-state index contributed by atoms with van der Waals surface area (Å²) in [6, 6.07) is 14.7. The molecule has 0 aliphatic heterocycles. The van der Waals surface area contributed by atoms with Gasteiger partial charge >= 0.3 is 0 Å². The Morgan fingerprint density at radius 3 is 2.67 bits per heavy atom. The molecule has 0 saturated heterocycles. The summed E-state index contributed by atoms with van der Waals surface area (Å²) < 4.78 is 7.94. The van der Waals surface area contributed by atoms with Gasteiger partial charge in [-0.3, -0.25) is 0 Å². The van der Waals surface area contributed by atoms with Gasteiger partial charge in [0.05, 0.1) is 18.7 Å². The Morgan fingerprint density at radius 2 is 1.96 bits per heavy atom. The van der Waals surface area contributed by atoms with Crippen molar-refractivity contribution in [2.45, 2.75) is 38.8 Å². The fourth-order valence-corrected chi connectivity index (χ4v) is 3.97. The van der Waals surface area contributed by atoms with Crippen LogP contribution >= 0.6 is 0 Å². The minimum Gasteiger partial charge on any atom is -0.496 e. The van der Waals surface area contributed by atoms with Gasteiger partial charge in [0.15, 0.2) is 0 Å². The van der Waals surface area contributed by atoms with Gasteiger partial charge in [-0.15, -0.1) is 0 Å². The molecule has 1 aliphatic rings. The third-order valence-corrected chi connectivity index (χ3v) is 5.08. The third kappa shape index (κ3) is 2.40. The molecule has 0 bridgehead atoms. The molecule has 3 heteroatoms. The SMILES string of the molecule is COc1cc2c(c3c1cc(C(C)O)n3Cc1ccccc1)CCC2. The van der Waals surface area contributed by atoms with Crippen molar-refractivity contribution in [2.24, 2.45) is 0 Å². The summed E-state index contributed by atoms with van der Waals surface area (Å²) in [4.78, 5) is 0. The minimum absolute atomic E-state index is 0.511. The highest BCUT2D eigenvalue weighted by molar-refractivity contribution is 5.92. The quantitative estimate of drug-likeness (QED) is 0.780. The van der Waals surface area contributed by atoms with Gasteiger partial charge in [0.25, 0.3) is 0 Å². The topological polar surface area (TPSA) is 34.4 Å². The highest BCUT2D eigenvalue weighted by Crippen LogP contribution is 2.39. The number of aliphatic hydroxyl groups excluding tert-OH is 1. The van der Waals surface area contributed by atoms with Gasteiger partial charge in [0.2, 0.25) is 0 Å². The second kappa shape index (κ2) is 5.99. The van der Waals surface area contributed by atoms with Crippen molar-refractivity contribution in [3.05, 3.63) is 64.8 Å². The van der Waals surface area contributed by atoms with E-state index >= 15 is 0 Å². The maximum atomic E-state index is 10.3. The van der Waals surface area contributed by atoms with Crippen LogP contribution in [-0.4, -0.2) is 16.8 Å². The normalized spacial score (nSPS) is 14.8. The first-order chi connectivity index (χ1) is 11.7. The number of ether oxygens (including phenoxy) is 1. The summed E-state index contributed by atoms with van der Waals surface area (Å²) in [6.07, 6.45) is 2.90. The zero-order valence-electron chi connectivity index (χ0n) is 14.2. The Kier molecular flexibility index (Phi) is 3.81. The average molecular weight is 321 g/mol. The Hall–Kier alpha value is -2.26. The lowest BCUT2D eigenvalue weighted by Gasteiger charge is -2.15. The van der Waals surface area contributed by atoms with Crippen LogP contribution in [-0.2, 0) is 19.4 Å². The van der Waals surface area contributed by atoms with E-state index in [1.807, 2.05) is 13.0 Å². The smallest absolute Gasteiger partial charge is 0.128 e. The van der Waals surface area contributed by atoms with Crippen molar-refractivity contribution in [3.63, 3.8) is 0 Å². The highest BCUT2D eigenvalue weighted by Gasteiger charge is 2.23. The fourth-order valence-electron chi connectivity index (χ4n) is 3.97. The van der Waals surface area contributed by atoms with Gasteiger partial charge in [-0.25, -0.2) is 0 Å². The number of hydrogen-bond donors (Lipinski definition) is 1. The van der Waals surface area contributed by atoms with E-state index in [0.717, 1.165) is 36.2 Å². The number of methoxy groups -OCH3 is 1. The van der Waals surface area contributed by atoms with Crippen LogP contribution < -0.4 is 4.74 Å². The lowest BCUT2D eigenvalue weighted by Crippen LogP contribution is -2.08. The molecule has 4 rings (SSSR count). The average Bonchev–Trinajstić information content (AvgIpc) is 3.19. The molecule has 3 aromatic rings. The first-order valence-electron chi connectivity index (χ1n) is 8.63. The summed E-state index contributed by atoms with van der Waals surface area (Å²) >= 11 is 0. The highest BCUT2D eigenvalue weighted by atomic mass is 16.5. The lowest BCUT2D eigenvalue weighted by atomic mass is 10.1. The lowest BCUT2D eigenvalue weighted by molar-refractivity contribution is 0.190. The molecule has 1 heterocycles. The number of fused-ring (bicyclic) bond motifs is 3. The van der Waals surface area contributed by atoms with Crippen LogP contribution in [0.25, 0.3) is 10.9 Å². The molecule has 0 saturated carbocycles. The molecule has 24 heavy (non-hydrogen) atoms. The van der Waals surface area contributed by atoms with Crippen molar-refractivity contribution in [3.8, 4) is 5.75 Å². The molecule has 0 radical (unpaired) electrons. The minimum atomic E-state index is -0.511. The molecular weight excluding hydrogens is 298 g/mol. The van der Waals surface area contributed by atoms with Crippen LogP contribution in [0.2, 0.25) is 0 Å². The number of rotatable bonds is 4. The predicted octanol–water partition coefficient (Wildman–Crippen LogP) is 4.24. The van der Waals surface area contributed by atoms with E-state index in [9.17, 15) is 5.11 Å². The van der Waals surface area contributed by atoms with Gasteiger partial charge in [-0.1, -0.05) is 30.3 Å². The maximum Gasteiger partial charge on any atom is 0.128 e. The number of aromatic nitrogens is 1. The van der Waals surface area contributed by atoms with Crippen molar-refractivity contribution < 1.29 is 9.84 Å². The Balaban J connectivity index is 1.99. The molecular formula is C21H23NO2. The van der Waals surface area contributed by atoms with Crippen LogP contribution in [0.1, 0.15) is 41.8 Å². The zero-order chi connectivity index (χ0) is 16.7. The van der Waals surface area contributed by atoms with Gasteiger partial charge < -0.3 is 14.4 Å². The second-order valence-electron chi connectivity index (χ2n) is 6.65. The van der Waals surface area contributed by atoms with Crippen molar-refractivity contribution >= 4 is 10.9 Å². The van der Waals surface area contributed by atoms with Crippen LogP contribution in [0, 0.1) is 0 Å². The second-order valence-corrected chi connectivity index (χ2v) is 6.65. The van der Waals surface area contributed by atoms with E-state index < -0.39 is 6.10 Å². The molecule has 2 aromatic carbocycles. The summed E-state index contributed by atoms with van der Waals surface area (Å²) in [5.74, 6) is 0.916. The molecule has 1 aromatic heterocycles. The largest absolute Gasteiger partial charge is 0.496 e. The van der Waals surface area contributed by atoms with E-state index in [0.29, 0.717) is 0 Å². The summed E-state index contributed by atoms with van der Waals surface area (Å²) in [5, 5.41) is 11.4. The molecule has 0 amide bonds. The maximum absolute atomic E-state index is 10.3. The molecule has 0 fully saturated rings. The van der Waals surface area contributed by atoms with Crippen molar-refractivity contribution in [2.75, 3.05) is 7.11 Å². The van der Waals surface area contributed by atoms with Crippen molar-refractivity contribution in [1.82, 2.24) is 4.57 Å². The van der Waals surface area contributed by atoms with Gasteiger partial charge in [-0.05, 0) is 55.0 Å². The Morgan fingerprint density at radius 1 is 1.17 bits per heavy atom. The third-order valence-electron chi connectivity index (χ3n) is 5.08. The van der Waals surface area contributed by atoms with Crippen LogP contribution in [0.5, 0.6) is 5.75 Å². The van der Waals surface area contributed by atoms with Gasteiger partial charge in [-0.2, -0.15) is 0 Å². The van der Waals surface area contributed by atoms with E-state index in [-0.39, 0.29) is 0 Å². The number of hydrogen-bond acceptors (Lipinski definition) is 2. The number of aryl methyl sites for hydroxylation is 2. The predicted molar refractivity (Wildman–Crippen MR) is 96.7 cm³/mol.